The molecular formula is C16H22N2O2. The zero-order chi connectivity index (χ0) is 13.9. The molecule has 1 aromatic rings. The van der Waals surface area contributed by atoms with Crippen LogP contribution in [-0.4, -0.2) is 31.7 Å². The molecule has 2 unspecified atom stereocenters. The van der Waals surface area contributed by atoms with E-state index in [1.807, 2.05) is 18.2 Å². The third kappa shape index (κ3) is 2.80. The topological polar surface area (TPSA) is 50.4 Å². The monoisotopic (exact) mass is 274 g/mol. The predicted molar refractivity (Wildman–Crippen MR) is 79.2 cm³/mol. The lowest BCUT2D eigenvalue weighted by molar-refractivity contribution is 0.0915. The summed E-state index contributed by atoms with van der Waals surface area (Å²) in [6.07, 6.45) is 5.46. The van der Waals surface area contributed by atoms with Crippen LogP contribution in [0.4, 0.5) is 5.69 Å². The number of fused-ring (bicyclic) bond motifs is 1. The molecule has 1 aliphatic heterocycles. The Kier molecular flexibility index (Phi) is 3.92. The highest BCUT2D eigenvalue weighted by Gasteiger charge is 2.26. The summed E-state index contributed by atoms with van der Waals surface area (Å²) in [5.74, 6) is 0.0418. The maximum Gasteiger partial charge on any atom is 0.251 e. The standard InChI is InChI=1S/C16H22N2O2/c1-20-14-6-5-13(10-14)18-16(19)12-4-7-15-11(9-12)3-2-8-17-15/h4,7,9,13-14,17H,2-3,5-6,8,10H2,1H3,(H,18,19). The number of methoxy groups -OCH3 is 1. The van der Waals surface area contributed by atoms with Crippen molar-refractivity contribution in [3.05, 3.63) is 29.3 Å². The fraction of sp³-hybridized carbons (Fsp3) is 0.562. The number of hydrogen-bond acceptors (Lipinski definition) is 3. The minimum atomic E-state index is 0.0418. The molecule has 2 aliphatic rings. The molecule has 1 fully saturated rings. The highest BCUT2D eigenvalue weighted by molar-refractivity contribution is 5.95. The van der Waals surface area contributed by atoms with E-state index in [0.29, 0.717) is 6.10 Å². The summed E-state index contributed by atoms with van der Waals surface area (Å²) in [4.78, 5) is 12.3. The molecule has 0 radical (unpaired) electrons. The second-order valence-corrected chi connectivity index (χ2v) is 5.74. The van der Waals surface area contributed by atoms with E-state index in [1.165, 1.54) is 11.3 Å². The van der Waals surface area contributed by atoms with Crippen LogP contribution in [0.3, 0.4) is 0 Å². The average molecular weight is 274 g/mol. The van der Waals surface area contributed by atoms with E-state index in [-0.39, 0.29) is 11.9 Å². The van der Waals surface area contributed by atoms with Crippen LogP contribution in [0.5, 0.6) is 0 Å². The minimum absolute atomic E-state index is 0.0418. The molecule has 0 aromatic heterocycles. The van der Waals surface area contributed by atoms with Crippen LogP contribution in [0.2, 0.25) is 0 Å². The van der Waals surface area contributed by atoms with E-state index in [0.717, 1.165) is 44.2 Å². The third-order valence-corrected chi connectivity index (χ3v) is 4.36. The summed E-state index contributed by atoms with van der Waals surface area (Å²) in [6.45, 7) is 1.03. The van der Waals surface area contributed by atoms with Crippen molar-refractivity contribution < 1.29 is 9.53 Å². The van der Waals surface area contributed by atoms with Gasteiger partial charge in [0.15, 0.2) is 0 Å². The van der Waals surface area contributed by atoms with Gasteiger partial charge in [-0.05, 0) is 55.9 Å². The number of nitrogens with one attached hydrogen (secondary N) is 2. The normalized spacial score (nSPS) is 24.9. The molecule has 0 spiro atoms. The summed E-state index contributed by atoms with van der Waals surface area (Å²) in [7, 11) is 1.74. The molecule has 3 rings (SSSR count). The molecule has 1 heterocycles. The van der Waals surface area contributed by atoms with E-state index in [4.69, 9.17) is 4.74 Å². The Morgan fingerprint density at radius 2 is 2.30 bits per heavy atom. The van der Waals surface area contributed by atoms with Crippen molar-refractivity contribution in [2.75, 3.05) is 19.0 Å². The molecule has 2 N–H and O–H groups in total. The second kappa shape index (κ2) is 5.83. The van der Waals surface area contributed by atoms with E-state index in [1.54, 1.807) is 7.11 Å². The van der Waals surface area contributed by atoms with E-state index < -0.39 is 0 Å². The first kappa shape index (κ1) is 13.4. The molecule has 1 aliphatic carbocycles. The Morgan fingerprint density at radius 3 is 3.10 bits per heavy atom. The Balaban J connectivity index is 1.65. The van der Waals surface area contributed by atoms with Gasteiger partial charge in [-0.3, -0.25) is 4.79 Å². The summed E-state index contributed by atoms with van der Waals surface area (Å²) >= 11 is 0. The molecule has 1 saturated carbocycles. The van der Waals surface area contributed by atoms with Crippen molar-refractivity contribution in [1.82, 2.24) is 5.32 Å². The van der Waals surface area contributed by atoms with Crippen LogP contribution >= 0.6 is 0 Å². The van der Waals surface area contributed by atoms with Crippen LogP contribution in [0, 0.1) is 0 Å². The first-order chi connectivity index (χ1) is 9.76. The van der Waals surface area contributed by atoms with Crippen LogP contribution in [0.25, 0.3) is 0 Å². The Bertz CT molecular complexity index is 501. The third-order valence-electron chi connectivity index (χ3n) is 4.36. The number of carbonyl (C=O) groups is 1. The van der Waals surface area contributed by atoms with Gasteiger partial charge in [-0.15, -0.1) is 0 Å². The van der Waals surface area contributed by atoms with E-state index in [2.05, 4.69) is 10.6 Å². The molecular weight excluding hydrogens is 252 g/mol. The van der Waals surface area contributed by atoms with Gasteiger partial charge in [-0.1, -0.05) is 0 Å². The van der Waals surface area contributed by atoms with Gasteiger partial charge in [0.25, 0.3) is 5.91 Å². The quantitative estimate of drug-likeness (QED) is 0.889. The van der Waals surface area contributed by atoms with Gasteiger partial charge in [-0.25, -0.2) is 0 Å². The first-order valence-corrected chi connectivity index (χ1v) is 7.46. The van der Waals surface area contributed by atoms with Crippen LogP contribution in [-0.2, 0) is 11.2 Å². The Morgan fingerprint density at radius 1 is 1.40 bits per heavy atom. The lowest BCUT2D eigenvalue weighted by atomic mass is 10.0. The SMILES string of the molecule is COC1CCC(NC(=O)c2ccc3c(c2)CCCN3)C1. The number of aryl methyl sites for hydroxylation is 1. The van der Waals surface area contributed by atoms with Gasteiger partial charge >= 0.3 is 0 Å². The number of amides is 1. The molecule has 4 nitrogen and oxygen atoms in total. The number of anilines is 1. The summed E-state index contributed by atoms with van der Waals surface area (Å²) in [6, 6.07) is 6.21. The van der Waals surface area contributed by atoms with Gasteiger partial charge in [0, 0.05) is 30.9 Å². The lowest BCUT2D eigenvalue weighted by Gasteiger charge is -2.19. The molecule has 108 valence electrons. The van der Waals surface area contributed by atoms with Gasteiger partial charge < -0.3 is 15.4 Å². The number of benzene rings is 1. The van der Waals surface area contributed by atoms with Crippen molar-refractivity contribution >= 4 is 11.6 Å². The van der Waals surface area contributed by atoms with Gasteiger partial charge in [0.2, 0.25) is 0 Å². The van der Waals surface area contributed by atoms with Crippen LogP contribution in [0.1, 0.15) is 41.6 Å². The second-order valence-electron chi connectivity index (χ2n) is 5.74. The van der Waals surface area contributed by atoms with Crippen molar-refractivity contribution in [3.8, 4) is 0 Å². The zero-order valence-corrected chi connectivity index (χ0v) is 11.9. The van der Waals surface area contributed by atoms with Crippen molar-refractivity contribution in [1.29, 1.82) is 0 Å². The Hall–Kier alpha value is -1.55. The predicted octanol–water partition coefficient (Wildman–Crippen LogP) is 2.34. The molecule has 1 aromatic carbocycles. The van der Waals surface area contributed by atoms with Crippen LogP contribution < -0.4 is 10.6 Å². The van der Waals surface area contributed by atoms with Crippen molar-refractivity contribution in [3.63, 3.8) is 0 Å². The maximum absolute atomic E-state index is 12.3. The van der Waals surface area contributed by atoms with Crippen molar-refractivity contribution in [2.24, 2.45) is 0 Å². The number of rotatable bonds is 3. The Labute approximate surface area is 119 Å². The summed E-state index contributed by atoms with van der Waals surface area (Å²) in [5, 5.41) is 6.49. The maximum atomic E-state index is 12.3. The first-order valence-electron chi connectivity index (χ1n) is 7.46. The van der Waals surface area contributed by atoms with Crippen molar-refractivity contribution in [2.45, 2.75) is 44.2 Å². The summed E-state index contributed by atoms with van der Waals surface area (Å²) < 4.78 is 5.34. The van der Waals surface area contributed by atoms with Gasteiger partial charge in [0.1, 0.15) is 0 Å². The summed E-state index contributed by atoms with van der Waals surface area (Å²) in [5.41, 5.74) is 3.20. The molecule has 0 bridgehead atoms. The van der Waals surface area contributed by atoms with Gasteiger partial charge in [0.05, 0.1) is 6.10 Å². The fourth-order valence-electron chi connectivity index (χ4n) is 3.17. The molecule has 1 amide bonds. The largest absolute Gasteiger partial charge is 0.385 e. The highest BCUT2D eigenvalue weighted by atomic mass is 16.5. The molecule has 20 heavy (non-hydrogen) atoms. The number of ether oxygens (including phenoxy) is 1. The number of hydrogen-bond donors (Lipinski definition) is 2. The smallest absolute Gasteiger partial charge is 0.251 e. The van der Waals surface area contributed by atoms with E-state index >= 15 is 0 Å². The fourth-order valence-corrected chi connectivity index (χ4v) is 3.17. The minimum Gasteiger partial charge on any atom is -0.385 e. The molecule has 0 saturated heterocycles. The van der Waals surface area contributed by atoms with E-state index in [9.17, 15) is 4.79 Å². The average Bonchev–Trinajstić information content (AvgIpc) is 2.94. The molecule has 2 atom stereocenters. The number of carbonyl (C=O) groups excluding carboxylic acids is 1. The zero-order valence-electron chi connectivity index (χ0n) is 11.9. The van der Waals surface area contributed by atoms with Crippen LogP contribution in [0.15, 0.2) is 18.2 Å². The lowest BCUT2D eigenvalue weighted by Crippen LogP contribution is -2.33. The van der Waals surface area contributed by atoms with Gasteiger partial charge in [-0.2, -0.15) is 0 Å². The highest BCUT2D eigenvalue weighted by Crippen LogP contribution is 2.24. The molecule has 4 heteroatoms.